The van der Waals surface area contributed by atoms with Crippen LogP contribution in [0.1, 0.15) is 36.8 Å². The van der Waals surface area contributed by atoms with E-state index in [-0.39, 0.29) is 17.9 Å². The number of anilines is 2. The van der Waals surface area contributed by atoms with Gasteiger partial charge in [0, 0.05) is 43.7 Å². The van der Waals surface area contributed by atoms with Gasteiger partial charge in [-0.2, -0.15) is 5.10 Å². The van der Waals surface area contributed by atoms with E-state index in [1.807, 2.05) is 84.4 Å². The normalized spacial score (nSPS) is 17.3. The summed E-state index contributed by atoms with van der Waals surface area (Å²) in [5.74, 6) is 0.940. The maximum absolute atomic E-state index is 13.8. The fourth-order valence-electron chi connectivity index (χ4n) is 5.00. The summed E-state index contributed by atoms with van der Waals surface area (Å²) in [7, 11) is 3.95. The molecule has 4 aromatic rings. The van der Waals surface area contributed by atoms with Crippen LogP contribution in [0, 0.1) is 12.8 Å². The van der Waals surface area contributed by atoms with Gasteiger partial charge in [-0.05, 0) is 79.6 Å². The largest absolute Gasteiger partial charge is 0.393 e. The Kier molecular flexibility index (Phi) is 7.56. The van der Waals surface area contributed by atoms with Gasteiger partial charge in [0.05, 0.1) is 24.5 Å². The van der Waals surface area contributed by atoms with E-state index in [0.29, 0.717) is 32.2 Å². The fraction of sp³-hybridized carbons (Fsp3) is 0.323. The molecule has 1 aliphatic carbocycles. The van der Waals surface area contributed by atoms with Gasteiger partial charge >= 0.3 is 0 Å². The highest BCUT2D eigenvalue weighted by Gasteiger charge is 2.30. The van der Waals surface area contributed by atoms with E-state index in [1.54, 1.807) is 0 Å². The minimum absolute atomic E-state index is 0.0884. The molecule has 0 saturated heterocycles. The van der Waals surface area contributed by atoms with E-state index >= 15 is 0 Å². The Morgan fingerprint density at radius 2 is 1.71 bits per heavy atom. The smallest absolute Gasteiger partial charge is 0.230 e. The molecule has 1 fully saturated rings. The Morgan fingerprint density at radius 3 is 2.34 bits per heavy atom. The van der Waals surface area contributed by atoms with Crippen molar-refractivity contribution in [3.05, 3.63) is 90.4 Å². The fourth-order valence-corrected chi connectivity index (χ4v) is 5.00. The Balaban J connectivity index is 1.41. The summed E-state index contributed by atoms with van der Waals surface area (Å²) in [6.07, 6.45) is 8.17. The monoisotopic (exact) mass is 509 g/mol. The van der Waals surface area contributed by atoms with E-state index in [2.05, 4.69) is 40.4 Å². The van der Waals surface area contributed by atoms with Gasteiger partial charge in [0.15, 0.2) is 0 Å². The number of aromatic nitrogens is 3. The van der Waals surface area contributed by atoms with E-state index in [0.717, 1.165) is 39.4 Å². The van der Waals surface area contributed by atoms with Crippen LogP contribution < -0.4 is 9.80 Å². The maximum Gasteiger partial charge on any atom is 0.230 e. The third kappa shape index (κ3) is 5.78. The van der Waals surface area contributed by atoms with Crippen LogP contribution in [0.5, 0.6) is 0 Å². The third-order valence-electron chi connectivity index (χ3n) is 7.26. The van der Waals surface area contributed by atoms with Crippen molar-refractivity contribution in [1.29, 1.82) is 0 Å². The van der Waals surface area contributed by atoms with Crippen molar-refractivity contribution in [3.8, 4) is 16.8 Å². The molecule has 1 aliphatic rings. The lowest BCUT2D eigenvalue weighted by Crippen LogP contribution is -2.38. The average molecular weight is 510 g/mol. The summed E-state index contributed by atoms with van der Waals surface area (Å²) in [6.45, 7) is 2.48. The van der Waals surface area contributed by atoms with Gasteiger partial charge in [-0.25, -0.2) is 9.67 Å². The lowest BCUT2D eigenvalue weighted by molar-refractivity contribution is -0.124. The molecule has 2 heterocycles. The van der Waals surface area contributed by atoms with E-state index in [1.165, 1.54) is 0 Å². The minimum atomic E-state index is -0.298. The van der Waals surface area contributed by atoms with Crippen LogP contribution in [0.3, 0.4) is 0 Å². The van der Waals surface area contributed by atoms with Crippen LogP contribution in [0.25, 0.3) is 16.8 Å². The summed E-state index contributed by atoms with van der Waals surface area (Å²) in [6, 6.07) is 20.4. The van der Waals surface area contributed by atoms with Crippen molar-refractivity contribution in [2.75, 3.05) is 23.9 Å². The SMILES string of the molecule is Cc1cnn(-c2cccc(N(Cc3ccc(-c4ccc(N(C)C)nc4)cc3)C(=O)C3CCC(O)CC3)c2)c1. The first-order valence-electron chi connectivity index (χ1n) is 13.2. The number of aryl methyl sites for hydroxylation is 1. The molecule has 1 N–H and O–H groups in total. The van der Waals surface area contributed by atoms with Crippen LogP contribution in [-0.2, 0) is 11.3 Å². The predicted octanol–water partition coefficient (Wildman–Crippen LogP) is 5.39. The number of benzene rings is 2. The Labute approximate surface area is 224 Å². The molecule has 1 amide bonds. The van der Waals surface area contributed by atoms with Crippen LogP contribution in [0.4, 0.5) is 11.5 Å². The molecule has 38 heavy (non-hydrogen) atoms. The number of hydrogen-bond donors (Lipinski definition) is 1. The maximum atomic E-state index is 13.8. The number of carbonyl (C=O) groups is 1. The molecule has 0 aliphatic heterocycles. The molecule has 0 atom stereocenters. The first kappa shape index (κ1) is 25.7. The lowest BCUT2D eigenvalue weighted by Gasteiger charge is -2.31. The summed E-state index contributed by atoms with van der Waals surface area (Å²) in [4.78, 5) is 22.2. The van der Waals surface area contributed by atoms with Gasteiger partial charge in [-0.15, -0.1) is 0 Å². The molecule has 7 nitrogen and oxygen atoms in total. The van der Waals surface area contributed by atoms with Crippen molar-refractivity contribution >= 4 is 17.4 Å². The average Bonchev–Trinajstić information content (AvgIpc) is 3.38. The van der Waals surface area contributed by atoms with Crippen molar-refractivity contribution in [1.82, 2.24) is 14.8 Å². The molecule has 0 bridgehead atoms. The van der Waals surface area contributed by atoms with Crippen LogP contribution in [0.2, 0.25) is 0 Å². The van der Waals surface area contributed by atoms with Crippen molar-refractivity contribution < 1.29 is 9.90 Å². The molecule has 2 aromatic carbocycles. The van der Waals surface area contributed by atoms with Crippen LogP contribution in [-0.4, -0.2) is 46.0 Å². The number of pyridine rings is 1. The molecular weight excluding hydrogens is 474 g/mol. The van der Waals surface area contributed by atoms with Gasteiger partial charge in [0.2, 0.25) is 5.91 Å². The van der Waals surface area contributed by atoms with Gasteiger partial charge in [0.25, 0.3) is 0 Å². The number of nitrogens with zero attached hydrogens (tertiary/aromatic N) is 5. The Bertz CT molecular complexity index is 1370. The highest BCUT2D eigenvalue weighted by molar-refractivity contribution is 5.95. The molecule has 0 unspecified atom stereocenters. The highest BCUT2D eigenvalue weighted by Crippen LogP contribution is 2.30. The van der Waals surface area contributed by atoms with Crippen LogP contribution >= 0.6 is 0 Å². The second kappa shape index (κ2) is 11.2. The summed E-state index contributed by atoms with van der Waals surface area (Å²) >= 11 is 0. The zero-order valence-corrected chi connectivity index (χ0v) is 22.3. The standard InChI is InChI=1S/C31H35N5O2/c1-22-18-33-36(20-22)28-6-4-5-27(17-28)35(31(38)25-11-14-29(37)15-12-25)21-23-7-9-24(10-8-23)26-13-16-30(32-19-26)34(2)3/h4-10,13,16-20,25,29,37H,11-12,14-15,21H2,1-3H3. The van der Waals surface area contributed by atoms with Gasteiger partial charge in [-0.1, -0.05) is 30.3 Å². The number of aliphatic hydroxyl groups is 1. The van der Waals surface area contributed by atoms with E-state index < -0.39 is 0 Å². The van der Waals surface area contributed by atoms with E-state index in [9.17, 15) is 9.90 Å². The number of aliphatic hydroxyl groups excluding tert-OH is 1. The zero-order chi connectivity index (χ0) is 26.6. The highest BCUT2D eigenvalue weighted by atomic mass is 16.3. The van der Waals surface area contributed by atoms with Crippen molar-refractivity contribution in [2.24, 2.45) is 5.92 Å². The third-order valence-corrected chi connectivity index (χ3v) is 7.26. The van der Waals surface area contributed by atoms with Crippen LogP contribution in [0.15, 0.2) is 79.3 Å². The summed E-state index contributed by atoms with van der Waals surface area (Å²) in [5.41, 5.74) is 6.03. The second-order valence-electron chi connectivity index (χ2n) is 10.4. The summed E-state index contributed by atoms with van der Waals surface area (Å²) in [5, 5.41) is 14.4. The van der Waals surface area contributed by atoms with Crippen molar-refractivity contribution in [3.63, 3.8) is 0 Å². The lowest BCUT2D eigenvalue weighted by atomic mass is 9.86. The number of amides is 1. The summed E-state index contributed by atoms with van der Waals surface area (Å²) < 4.78 is 1.84. The number of hydrogen-bond acceptors (Lipinski definition) is 5. The second-order valence-corrected chi connectivity index (χ2v) is 10.4. The molecular formula is C31H35N5O2. The molecule has 1 saturated carbocycles. The Hall–Kier alpha value is -3.97. The first-order chi connectivity index (χ1) is 18.4. The molecule has 5 rings (SSSR count). The minimum Gasteiger partial charge on any atom is -0.393 e. The number of rotatable bonds is 7. The van der Waals surface area contributed by atoms with Gasteiger partial charge in [0.1, 0.15) is 5.82 Å². The molecule has 196 valence electrons. The van der Waals surface area contributed by atoms with Gasteiger partial charge < -0.3 is 14.9 Å². The molecule has 0 spiro atoms. The molecule has 7 heteroatoms. The predicted molar refractivity (Wildman–Crippen MR) is 151 cm³/mol. The number of carbonyl (C=O) groups excluding carboxylic acids is 1. The van der Waals surface area contributed by atoms with E-state index in [4.69, 9.17) is 0 Å². The Morgan fingerprint density at radius 1 is 0.974 bits per heavy atom. The zero-order valence-electron chi connectivity index (χ0n) is 22.3. The van der Waals surface area contributed by atoms with Gasteiger partial charge in [-0.3, -0.25) is 4.79 Å². The topological polar surface area (TPSA) is 74.5 Å². The van der Waals surface area contributed by atoms with Crippen molar-refractivity contribution in [2.45, 2.75) is 45.3 Å². The quantitative estimate of drug-likeness (QED) is 0.361. The molecule has 0 radical (unpaired) electrons. The molecule has 2 aromatic heterocycles. The first-order valence-corrected chi connectivity index (χ1v) is 13.2.